The summed E-state index contributed by atoms with van der Waals surface area (Å²) in [6.45, 7) is 4.94. The molecule has 0 aromatic heterocycles. The Bertz CT molecular complexity index is 59.0. The zero-order valence-corrected chi connectivity index (χ0v) is 6.48. The molecule has 0 aliphatic heterocycles. The predicted octanol–water partition coefficient (Wildman–Crippen LogP) is 0.0891. The number of hydrogen-bond donors (Lipinski definition) is 1. The van der Waals surface area contributed by atoms with Crippen molar-refractivity contribution in [3.05, 3.63) is 0 Å². The van der Waals surface area contributed by atoms with Crippen molar-refractivity contribution >= 4 is 0 Å². The Hall–Kier alpha value is -0.120. The normalized spacial score (nSPS) is 10.7. The summed E-state index contributed by atoms with van der Waals surface area (Å²) in [5, 5.41) is 0. The summed E-state index contributed by atoms with van der Waals surface area (Å²) in [6, 6.07) is 0. The van der Waals surface area contributed by atoms with Crippen LogP contribution in [0.4, 0.5) is 0 Å². The van der Waals surface area contributed by atoms with Crippen LogP contribution in [0.3, 0.4) is 0 Å². The molecule has 0 aliphatic rings. The second-order valence-corrected chi connectivity index (χ2v) is 1.95. The molecule has 0 aromatic rings. The van der Waals surface area contributed by atoms with Gasteiger partial charge in [0.25, 0.3) is 0 Å². The van der Waals surface area contributed by atoms with Crippen LogP contribution < -0.4 is 5.48 Å². The molecule has 0 saturated carbocycles. The van der Waals surface area contributed by atoms with E-state index in [4.69, 9.17) is 4.84 Å². The van der Waals surface area contributed by atoms with Gasteiger partial charge in [0.05, 0.1) is 6.61 Å². The van der Waals surface area contributed by atoms with Crippen LogP contribution in [0.5, 0.6) is 0 Å². The molecule has 0 heterocycles. The summed E-state index contributed by atoms with van der Waals surface area (Å²) < 4.78 is 0. The SMILES string of the molecule is CCN(C)CCONC. The highest BCUT2D eigenvalue weighted by Crippen LogP contribution is 1.78. The largest absolute Gasteiger partial charge is 0.304 e. The van der Waals surface area contributed by atoms with Crippen molar-refractivity contribution in [2.45, 2.75) is 6.92 Å². The summed E-state index contributed by atoms with van der Waals surface area (Å²) >= 11 is 0. The van der Waals surface area contributed by atoms with Gasteiger partial charge in [-0.3, -0.25) is 0 Å². The minimum absolute atomic E-state index is 0.751. The van der Waals surface area contributed by atoms with Crippen LogP contribution in [0.2, 0.25) is 0 Å². The van der Waals surface area contributed by atoms with E-state index in [2.05, 4.69) is 24.4 Å². The number of hydroxylamine groups is 1. The number of hydrogen-bond acceptors (Lipinski definition) is 3. The maximum atomic E-state index is 4.91. The molecule has 0 aliphatic carbocycles. The Kier molecular flexibility index (Phi) is 5.93. The van der Waals surface area contributed by atoms with Crippen molar-refractivity contribution in [1.82, 2.24) is 10.4 Å². The molecule has 0 spiro atoms. The minimum atomic E-state index is 0.751. The Morgan fingerprint density at radius 2 is 2.22 bits per heavy atom. The fraction of sp³-hybridized carbons (Fsp3) is 1.00. The van der Waals surface area contributed by atoms with Crippen LogP contribution in [0.15, 0.2) is 0 Å². The second kappa shape index (κ2) is 6.01. The Balaban J connectivity index is 2.88. The molecule has 0 bridgehead atoms. The molecule has 0 fully saturated rings. The Morgan fingerprint density at radius 1 is 1.56 bits per heavy atom. The third kappa shape index (κ3) is 5.76. The molecular formula is C6H16N2O. The average Bonchev–Trinajstić information content (AvgIpc) is 1.89. The summed E-state index contributed by atoms with van der Waals surface area (Å²) in [5.74, 6) is 0. The molecule has 3 nitrogen and oxygen atoms in total. The monoisotopic (exact) mass is 132 g/mol. The lowest BCUT2D eigenvalue weighted by molar-refractivity contribution is 0.0454. The van der Waals surface area contributed by atoms with Crippen molar-refractivity contribution in [3.8, 4) is 0 Å². The van der Waals surface area contributed by atoms with E-state index in [-0.39, 0.29) is 0 Å². The van der Waals surface area contributed by atoms with Crippen LogP contribution in [0, 0.1) is 0 Å². The molecule has 0 saturated heterocycles. The number of nitrogens with one attached hydrogen (secondary N) is 1. The lowest BCUT2D eigenvalue weighted by Gasteiger charge is -2.12. The van der Waals surface area contributed by atoms with Gasteiger partial charge < -0.3 is 9.74 Å². The van der Waals surface area contributed by atoms with Gasteiger partial charge in [0, 0.05) is 13.6 Å². The molecule has 3 heteroatoms. The minimum Gasteiger partial charge on any atom is -0.304 e. The molecule has 0 atom stereocenters. The zero-order chi connectivity index (χ0) is 7.11. The van der Waals surface area contributed by atoms with Gasteiger partial charge in [0.1, 0.15) is 0 Å². The lowest BCUT2D eigenvalue weighted by atomic mass is 10.5. The smallest absolute Gasteiger partial charge is 0.0809 e. The Morgan fingerprint density at radius 3 is 2.67 bits per heavy atom. The van der Waals surface area contributed by atoms with Crippen molar-refractivity contribution in [2.24, 2.45) is 0 Å². The molecule has 0 rings (SSSR count). The first-order valence-electron chi connectivity index (χ1n) is 3.28. The van der Waals surface area contributed by atoms with Gasteiger partial charge in [-0.1, -0.05) is 6.92 Å². The van der Waals surface area contributed by atoms with E-state index in [0.717, 1.165) is 19.7 Å². The lowest BCUT2D eigenvalue weighted by Crippen LogP contribution is -2.24. The standard InChI is InChI=1S/C6H16N2O/c1-4-8(3)5-6-9-7-2/h7H,4-6H2,1-3H3. The van der Waals surface area contributed by atoms with E-state index < -0.39 is 0 Å². The summed E-state index contributed by atoms with van der Waals surface area (Å²) in [5.41, 5.74) is 2.62. The molecule has 1 N–H and O–H groups in total. The number of nitrogens with zero attached hydrogens (tertiary/aromatic N) is 1. The summed E-state index contributed by atoms with van der Waals surface area (Å²) in [7, 11) is 3.84. The van der Waals surface area contributed by atoms with Crippen molar-refractivity contribution < 1.29 is 4.84 Å². The van der Waals surface area contributed by atoms with Crippen LogP contribution in [0.1, 0.15) is 6.92 Å². The third-order valence-electron chi connectivity index (χ3n) is 1.26. The van der Waals surface area contributed by atoms with Crippen molar-refractivity contribution in [3.63, 3.8) is 0 Å². The molecular weight excluding hydrogens is 116 g/mol. The fourth-order valence-corrected chi connectivity index (χ4v) is 0.462. The highest BCUT2D eigenvalue weighted by atomic mass is 16.6. The maximum Gasteiger partial charge on any atom is 0.0809 e. The van der Waals surface area contributed by atoms with E-state index in [9.17, 15) is 0 Å². The fourth-order valence-electron chi connectivity index (χ4n) is 0.462. The first kappa shape index (κ1) is 8.88. The predicted molar refractivity (Wildman–Crippen MR) is 38.2 cm³/mol. The highest BCUT2D eigenvalue weighted by Gasteiger charge is 1.91. The van der Waals surface area contributed by atoms with Crippen LogP contribution >= 0.6 is 0 Å². The van der Waals surface area contributed by atoms with Gasteiger partial charge in [0.15, 0.2) is 0 Å². The molecule has 0 aromatic carbocycles. The van der Waals surface area contributed by atoms with Gasteiger partial charge in [0.2, 0.25) is 0 Å². The molecule has 56 valence electrons. The van der Waals surface area contributed by atoms with Crippen molar-refractivity contribution in [2.75, 3.05) is 33.8 Å². The van der Waals surface area contributed by atoms with Crippen LogP contribution in [-0.4, -0.2) is 38.7 Å². The first-order valence-corrected chi connectivity index (χ1v) is 3.28. The maximum absolute atomic E-state index is 4.91. The van der Waals surface area contributed by atoms with E-state index in [1.54, 1.807) is 7.05 Å². The van der Waals surface area contributed by atoms with Gasteiger partial charge in [-0.15, -0.1) is 0 Å². The molecule has 0 radical (unpaired) electrons. The Labute approximate surface area is 56.9 Å². The highest BCUT2D eigenvalue weighted by molar-refractivity contribution is 4.43. The summed E-state index contributed by atoms with van der Waals surface area (Å²) in [4.78, 5) is 7.11. The van der Waals surface area contributed by atoms with E-state index in [1.807, 2.05) is 0 Å². The molecule has 9 heavy (non-hydrogen) atoms. The van der Waals surface area contributed by atoms with Gasteiger partial charge in [-0.05, 0) is 13.6 Å². The van der Waals surface area contributed by atoms with E-state index in [1.165, 1.54) is 0 Å². The van der Waals surface area contributed by atoms with Crippen LogP contribution in [-0.2, 0) is 4.84 Å². The first-order chi connectivity index (χ1) is 4.31. The van der Waals surface area contributed by atoms with Gasteiger partial charge >= 0.3 is 0 Å². The quantitative estimate of drug-likeness (QED) is 0.424. The van der Waals surface area contributed by atoms with Gasteiger partial charge in [-0.2, -0.15) is 0 Å². The summed E-state index contributed by atoms with van der Waals surface area (Å²) in [6.07, 6.45) is 0. The third-order valence-corrected chi connectivity index (χ3v) is 1.26. The zero-order valence-electron chi connectivity index (χ0n) is 6.48. The number of likely N-dealkylation sites (N-methyl/N-ethyl adjacent to an activating group) is 1. The molecule has 0 unspecified atom stereocenters. The van der Waals surface area contributed by atoms with E-state index >= 15 is 0 Å². The molecule has 0 amide bonds. The van der Waals surface area contributed by atoms with Crippen LogP contribution in [0.25, 0.3) is 0 Å². The van der Waals surface area contributed by atoms with E-state index in [0.29, 0.717) is 0 Å². The second-order valence-electron chi connectivity index (χ2n) is 1.95. The van der Waals surface area contributed by atoms with Gasteiger partial charge in [-0.25, -0.2) is 5.48 Å². The topological polar surface area (TPSA) is 24.5 Å². The number of rotatable bonds is 5. The van der Waals surface area contributed by atoms with Crippen molar-refractivity contribution in [1.29, 1.82) is 0 Å². The average molecular weight is 132 g/mol.